The van der Waals surface area contributed by atoms with E-state index in [2.05, 4.69) is 33.2 Å². The number of alkyl halides is 3. The molecule has 3 aromatic heterocycles. The van der Waals surface area contributed by atoms with E-state index in [9.17, 15) is 13.2 Å². The van der Waals surface area contributed by atoms with Gasteiger partial charge in [-0.05, 0) is 50.2 Å². The van der Waals surface area contributed by atoms with Gasteiger partial charge in [0.1, 0.15) is 11.6 Å². The minimum Gasteiger partial charge on any atom is -0.368 e. The predicted octanol–water partition coefficient (Wildman–Crippen LogP) is 4.47. The molecule has 8 nitrogen and oxygen atoms in total. The van der Waals surface area contributed by atoms with E-state index in [0.717, 1.165) is 74.6 Å². The van der Waals surface area contributed by atoms with Gasteiger partial charge in [-0.15, -0.1) is 0 Å². The first-order valence-corrected chi connectivity index (χ1v) is 12.9. The zero-order valence-electron chi connectivity index (χ0n) is 21.6. The molecule has 0 bridgehead atoms. The minimum atomic E-state index is -4.40. The van der Waals surface area contributed by atoms with Gasteiger partial charge in [0.05, 0.1) is 28.7 Å². The lowest BCUT2D eigenvalue weighted by Crippen LogP contribution is -2.43. The Morgan fingerprint density at radius 3 is 2.46 bits per heavy atom. The van der Waals surface area contributed by atoms with Crippen LogP contribution in [0, 0.1) is 11.3 Å². The maximum atomic E-state index is 13.1. The molecule has 1 fully saturated rings. The highest BCUT2D eigenvalue weighted by Gasteiger charge is 2.30. The van der Waals surface area contributed by atoms with Crippen LogP contribution in [0.3, 0.4) is 0 Å². The highest BCUT2D eigenvalue weighted by molar-refractivity contribution is 5.72. The first-order valence-electron chi connectivity index (χ1n) is 12.9. The molecule has 4 heterocycles. The molecule has 1 aliphatic rings. The molecule has 1 N–H and O–H groups in total. The second kappa shape index (κ2) is 11.4. The summed E-state index contributed by atoms with van der Waals surface area (Å²) in [5.74, 6) is 0.623. The van der Waals surface area contributed by atoms with Crippen molar-refractivity contribution in [3.8, 4) is 17.3 Å². The molecular formula is C28H29F3N8. The zero-order chi connectivity index (χ0) is 27.4. The summed E-state index contributed by atoms with van der Waals surface area (Å²) in [5, 5.41) is 17.1. The first kappa shape index (κ1) is 26.6. The molecule has 202 valence electrons. The Bertz CT molecular complexity index is 1450. The number of pyridine rings is 1. The lowest BCUT2D eigenvalue weighted by Gasteiger charge is -2.31. The Hall–Kier alpha value is -4.01. The molecule has 0 aliphatic carbocycles. The van der Waals surface area contributed by atoms with Gasteiger partial charge in [-0.3, -0.25) is 9.88 Å². The fraction of sp³-hybridized carbons (Fsp3) is 0.357. The molecule has 0 radical (unpaired) electrons. The van der Waals surface area contributed by atoms with Crippen molar-refractivity contribution in [2.75, 3.05) is 45.1 Å². The summed E-state index contributed by atoms with van der Waals surface area (Å²) in [6, 6.07) is 12.7. The number of likely N-dealkylation sites (N-methyl/N-ethyl adjacent to an activating group) is 1. The van der Waals surface area contributed by atoms with Gasteiger partial charge in [0.25, 0.3) is 0 Å². The molecule has 0 unspecified atom stereocenters. The summed E-state index contributed by atoms with van der Waals surface area (Å²) in [7, 11) is 2.12. The van der Waals surface area contributed by atoms with Crippen molar-refractivity contribution in [2.45, 2.75) is 25.6 Å². The number of piperazine rings is 1. The molecule has 0 spiro atoms. The maximum Gasteiger partial charge on any atom is 0.416 e. The minimum absolute atomic E-state index is 0.525. The average molecular weight is 535 g/mol. The molecule has 0 saturated carbocycles. The zero-order valence-corrected chi connectivity index (χ0v) is 21.6. The number of aromatic nitrogens is 4. The van der Waals surface area contributed by atoms with Gasteiger partial charge in [-0.2, -0.15) is 23.5 Å². The Kier molecular flexibility index (Phi) is 7.77. The lowest BCUT2D eigenvalue weighted by molar-refractivity contribution is -0.137. The molecule has 1 aliphatic heterocycles. The Labute approximate surface area is 224 Å². The summed E-state index contributed by atoms with van der Waals surface area (Å²) in [6.45, 7) is 5.28. The summed E-state index contributed by atoms with van der Waals surface area (Å²) in [5.41, 5.74) is 3.55. The number of benzene rings is 1. The molecule has 4 aromatic rings. The largest absolute Gasteiger partial charge is 0.416 e. The number of hydrogen-bond acceptors (Lipinski definition) is 7. The monoisotopic (exact) mass is 534 g/mol. The number of anilines is 1. The normalized spacial score (nSPS) is 14.9. The van der Waals surface area contributed by atoms with E-state index in [1.807, 2.05) is 12.1 Å². The number of nitrogens with zero attached hydrogens (tertiary/aromatic N) is 7. The molecule has 5 rings (SSSR count). The summed E-state index contributed by atoms with van der Waals surface area (Å²) < 4.78 is 41.0. The summed E-state index contributed by atoms with van der Waals surface area (Å²) >= 11 is 0. The number of aryl methyl sites for hydroxylation is 1. The average Bonchev–Trinajstić information content (AvgIpc) is 3.35. The van der Waals surface area contributed by atoms with Crippen LogP contribution < -0.4 is 5.32 Å². The Morgan fingerprint density at radius 1 is 1.03 bits per heavy atom. The number of nitriles is 1. The van der Waals surface area contributed by atoms with Gasteiger partial charge in [0.15, 0.2) is 5.82 Å². The molecule has 11 heteroatoms. The van der Waals surface area contributed by atoms with Gasteiger partial charge < -0.3 is 10.2 Å². The van der Waals surface area contributed by atoms with Crippen LogP contribution >= 0.6 is 0 Å². The predicted molar refractivity (Wildman–Crippen MR) is 142 cm³/mol. The highest BCUT2D eigenvalue weighted by Crippen LogP contribution is 2.31. The van der Waals surface area contributed by atoms with Crippen molar-refractivity contribution in [3.05, 3.63) is 77.4 Å². The number of fused-ring (bicyclic) bond motifs is 1. The van der Waals surface area contributed by atoms with Crippen LogP contribution in [0.25, 0.3) is 16.8 Å². The molecule has 0 atom stereocenters. The Balaban J connectivity index is 1.37. The third-order valence-electron chi connectivity index (χ3n) is 6.85. The molecule has 1 aromatic carbocycles. The van der Waals surface area contributed by atoms with Gasteiger partial charge in [-0.1, -0.05) is 12.1 Å². The van der Waals surface area contributed by atoms with Crippen LogP contribution in [-0.2, 0) is 19.1 Å². The van der Waals surface area contributed by atoms with Crippen molar-refractivity contribution in [1.82, 2.24) is 29.4 Å². The Morgan fingerprint density at radius 2 is 1.79 bits per heavy atom. The first-order chi connectivity index (χ1) is 18.8. The summed E-state index contributed by atoms with van der Waals surface area (Å²) in [4.78, 5) is 13.8. The van der Waals surface area contributed by atoms with Gasteiger partial charge in [-0.25, -0.2) is 9.50 Å². The molecule has 1 saturated heterocycles. The van der Waals surface area contributed by atoms with Gasteiger partial charge in [0, 0.05) is 56.7 Å². The number of halogens is 3. The fourth-order valence-electron chi connectivity index (χ4n) is 4.57. The number of rotatable bonds is 8. The standard InChI is InChI=1S/C28H29F3N8/c1-37-11-13-38(14-12-37)18-24-15-26-27(33-10-2-3-23-9-4-20(16-32)17-34-23)35-25(19-39(26)36-24)21-5-7-22(8-6-21)28(29,30)31/h4-9,15,17,19H,2-3,10-14,18H2,1H3,(H,33,35). The van der Waals surface area contributed by atoms with Crippen LogP contribution in [0.5, 0.6) is 0 Å². The van der Waals surface area contributed by atoms with E-state index >= 15 is 0 Å². The van der Waals surface area contributed by atoms with E-state index in [1.54, 1.807) is 23.0 Å². The van der Waals surface area contributed by atoms with Gasteiger partial charge >= 0.3 is 6.18 Å². The summed E-state index contributed by atoms with van der Waals surface area (Å²) in [6.07, 6.45) is 0.431. The van der Waals surface area contributed by atoms with Gasteiger partial charge in [0.2, 0.25) is 0 Å². The van der Waals surface area contributed by atoms with Crippen LogP contribution in [0.2, 0.25) is 0 Å². The smallest absolute Gasteiger partial charge is 0.368 e. The lowest BCUT2D eigenvalue weighted by atomic mass is 10.1. The van der Waals surface area contributed by atoms with Crippen LogP contribution in [0.1, 0.15) is 28.9 Å². The maximum absolute atomic E-state index is 13.1. The topological polar surface area (TPSA) is 85.4 Å². The quantitative estimate of drug-likeness (QED) is 0.334. The second-order valence-electron chi connectivity index (χ2n) is 9.78. The highest BCUT2D eigenvalue weighted by atomic mass is 19.4. The van der Waals surface area contributed by atoms with E-state index in [4.69, 9.17) is 15.3 Å². The van der Waals surface area contributed by atoms with Crippen molar-refractivity contribution >= 4 is 11.3 Å². The van der Waals surface area contributed by atoms with Crippen molar-refractivity contribution in [2.24, 2.45) is 0 Å². The third kappa shape index (κ3) is 6.53. The second-order valence-corrected chi connectivity index (χ2v) is 9.78. The number of nitrogens with one attached hydrogen (secondary N) is 1. The fourth-order valence-corrected chi connectivity index (χ4v) is 4.57. The van der Waals surface area contributed by atoms with Crippen molar-refractivity contribution in [1.29, 1.82) is 5.26 Å². The van der Waals surface area contributed by atoms with E-state index in [1.165, 1.54) is 12.1 Å². The molecule has 39 heavy (non-hydrogen) atoms. The van der Waals surface area contributed by atoms with E-state index in [-0.39, 0.29) is 0 Å². The van der Waals surface area contributed by atoms with Crippen LogP contribution in [0.15, 0.2) is 54.9 Å². The van der Waals surface area contributed by atoms with Crippen molar-refractivity contribution in [3.63, 3.8) is 0 Å². The number of hydrogen-bond donors (Lipinski definition) is 1. The van der Waals surface area contributed by atoms with Crippen molar-refractivity contribution < 1.29 is 13.2 Å². The molecule has 0 amide bonds. The van der Waals surface area contributed by atoms with E-state index in [0.29, 0.717) is 29.2 Å². The van der Waals surface area contributed by atoms with E-state index < -0.39 is 11.7 Å². The van der Waals surface area contributed by atoms with Crippen LogP contribution in [0.4, 0.5) is 19.0 Å². The van der Waals surface area contributed by atoms with Crippen LogP contribution in [-0.4, -0.2) is 69.2 Å². The molecular weight excluding hydrogens is 505 g/mol. The third-order valence-corrected chi connectivity index (χ3v) is 6.85. The SMILES string of the molecule is CN1CCN(Cc2cc3c(NCCCc4ccc(C#N)cn4)nc(-c4ccc(C(F)(F)F)cc4)cn3n2)CC1.